The third-order valence-electron chi connectivity index (χ3n) is 3.72. The number of aryl methyl sites for hydroxylation is 1. The van der Waals surface area contributed by atoms with Crippen molar-refractivity contribution >= 4 is 29.1 Å². The van der Waals surface area contributed by atoms with E-state index in [0.29, 0.717) is 36.7 Å². The molecule has 2 aromatic carbocycles. The summed E-state index contributed by atoms with van der Waals surface area (Å²) in [6, 6.07) is 13.8. The Morgan fingerprint density at radius 2 is 1.68 bits per heavy atom. The van der Waals surface area contributed by atoms with Crippen LogP contribution in [0.3, 0.4) is 0 Å². The molecule has 0 bridgehead atoms. The van der Waals surface area contributed by atoms with Gasteiger partial charge < -0.3 is 9.47 Å². The molecule has 0 aromatic heterocycles. The molecule has 2 rings (SSSR count). The highest BCUT2D eigenvalue weighted by molar-refractivity contribution is 7.80. The van der Waals surface area contributed by atoms with Crippen LogP contribution in [0.1, 0.15) is 33.2 Å². The third-order valence-corrected chi connectivity index (χ3v) is 3.93. The van der Waals surface area contributed by atoms with Gasteiger partial charge in [0.05, 0.1) is 6.61 Å². The first-order valence-corrected chi connectivity index (χ1v) is 9.20. The minimum atomic E-state index is -0.400. The van der Waals surface area contributed by atoms with Gasteiger partial charge in [0.25, 0.3) is 11.8 Å². The van der Waals surface area contributed by atoms with E-state index in [9.17, 15) is 9.59 Å². The topological polar surface area (TPSA) is 88.7 Å². The van der Waals surface area contributed by atoms with Crippen molar-refractivity contribution in [1.82, 2.24) is 16.2 Å². The second-order valence-electron chi connectivity index (χ2n) is 5.75. The summed E-state index contributed by atoms with van der Waals surface area (Å²) < 4.78 is 10.7. The standard InChI is InChI=1S/C20H23N3O4S/c1-3-26-12-13-27-16-10-8-15(9-11-16)18(24)21-20(28)23-22-19(25)17-7-5-4-6-14(17)2/h4-11H,3,12-13H2,1-2H3,(H,22,25)(H2,21,23,24,28). The molecular weight excluding hydrogens is 378 g/mol. The monoisotopic (exact) mass is 401 g/mol. The van der Waals surface area contributed by atoms with Crippen LogP contribution in [0.25, 0.3) is 0 Å². The fourth-order valence-electron chi connectivity index (χ4n) is 2.28. The first kappa shape index (κ1) is 21.3. The lowest BCUT2D eigenvalue weighted by atomic mass is 10.1. The first-order chi connectivity index (χ1) is 13.5. The molecule has 0 unspecified atom stereocenters. The van der Waals surface area contributed by atoms with Gasteiger partial charge in [-0.1, -0.05) is 18.2 Å². The number of rotatable bonds is 7. The Balaban J connectivity index is 1.79. The fourth-order valence-corrected chi connectivity index (χ4v) is 2.42. The summed E-state index contributed by atoms with van der Waals surface area (Å²) in [5.41, 5.74) is 6.74. The number of hydrogen-bond donors (Lipinski definition) is 3. The highest BCUT2D eigenvalue weighted by Crippen LogP contribution is 2.12. The summed E-state index contributed by atoms with van der Waals surface area (Å²) in [6.45, 7) is 5.34. The van der Waals surface area contributed by atoms with E-state index < -0.39 is 5.91 Å². The molecule has 0 aliphatic carbocycles. The number of carbonyl (C=O) groups is 2. The van der Waals surface area contributed by atoms with Gasteiger partial charge in [0, 0.05) is 17.7 Å². The number of benzene rings is 2. The lowest BCUT2D eigenvalue weighted by molar-refractivity contribution is 0.0934. The Bertz CT molecular complexity index is 824. The van der Waals surface area contributed by atoms with Crippen LogP contribution >= 0.6 is 12.2 Å². The lowest BCUT2D eigenvalue weighted by Crippen LogP contribution is -2.48. The number of thiocarbonyl (C=S) groups is 1. The largest absolute Gasteiger partial charge is 0.491 e. The van der Waals surface area contributed by atoms with Crippen LogP contribution in [0.15, 0.2) is 48.5 Å². The van der Waals surface area contributed by atoms with Gasteiger partial charge in [-0.15, -0.1) is 0 Å². The summed E-state index contributed by atoms with van der Waals surface area (Å²) >= 11 is 5.04. The highest BCUT2D eigenvalue weighted by Gasteiger charge is 2.11. The van der Waals surface area contributed by atoms with Crippen LogP contribution in [0.4, 0.5) is 0 Å². The average molecular weight is 401 g/mol. The summed E-state index contributed by atoms with van der Waals surface area (Å²) in [4.78, 5) is 24.3. The molecule has 0 saturated carbocycles. The molecule has 0 spiro atoms. The lowest BCUT2D eigenvalue weighted by Gasteiger charge is -2.12. The molecule has 148 valence electrons. The van der Waals surface area contributed by atoms with Gasteiger partial charge in [-0.05, 0) is 62.0 Å². The van der Waals surface area contributed by atoms with E-state index in [4.69, 9.17) is 21.7 Å². The molecule has 0 fully saturated rings. The van der Waals surface area contributed by atoms with Crippen LogP contribution in [-0.4, -0.2) is 36.7 Å². The van der Waals surface area contributed by atoms with E-state index in [1.54, 1.807) is 36.4 Å². The van der Waals surface area contributed by atoms with Crippen molar-refractivity contribution in [1.29, 1.82) is 0 Å². The number of amides is 2. The van der Waals surface area contributed by atoms with E-state index in [0.717, 1.165) is 5.56 Å². The van der Waals surface area contributed by atoms with Gasteiger partial charge in [0.15, 0.2) is 5.11 Å². The van der Waals surface area contributed by atoms with Crippen molar-refractivity contribution in [2.45, 2.75) is 13.8 Å². The molecule has 2 aromatic rings. The van der Waals surface area contributed by atoms with E-state index in [1.165, 1.54) is 0 Å². The van der Waals surface area contributed by atoms with Crippen molar-refractivity contribution in [2.24, 2.45) is 0 Å². The molecule has 0 saturated heterocycles. The maximum Gasteiger partial charge on any atom is 0.269 e. The van der Waals surface area contributed by atoms with Gasteiger partial charge >= 0.3 is 0 Å². The summed E-state index contributed by atoms with van der Waals surface area (Å²) in [5, 5.41) is 2.49. The number of hydrazine groups is 1. The van der Waals surface area contributed by atoms with Gasteiger partial charge in [-0.2, -0.15) is 0 Å². The predicted octanol–water partition coefficient (Wildman–Crippen LogP) is 2.36. The minimum Gasteiger partial charge on any atom is -0.491 e. The van der Waals surface area contributed by atoms with Crippen LogP contribution in [0.5, 0.6) is 5.75 Å². The second kappa shape index (κ2) is 11.0. The number of ether oxygens (including phenoxy) is 2. The molecule has 2 amide bonds. The van der Waals surface area contributed by atoms with Crippen molar-refractivity contribution < 1.29 is 19.1 Å². The zero-order chi connectivity index (χ0) is 20.4. The Kier molecular flexibility index (Phi) is 8.38. The summed E-state index contributed by atoms with van der Waals surface area (Å²) in [6.07, 6.45) is 0. The minimum absolute atomic E-state index is 0.0102. The quantitative estimate of drug-likeness (QED) is 0.375. The molecular formula is C20H23N3O4S. The first-order valence-electron chi connectivity index (χ1n) is 8.79. The van der Waals surface area contributed by atoms with E-state index >= 15 is 0 Å². The summed E-state index contributed by atoms with van der Waals surface area (Å²) in [7, 11) is 0. The van der Waals surface area contributed by atoms with Crippen LogP contribution in [0, 0.1) is 6.92 Å². The summed E-state index contributed by atoms with van der Waals surface area (Å²) in [5.74, 6) is -0.103. The van der Waals surface area contributed by atoms with Gasteiger partial charge in [-0.25, -0.2) is 0 Å². The molecule has 0 radical (unpaired) electrons. The number of hydrogen-bond acceptors (Lipinski definition) is 5. The van der Waals surface area contributed by atoms with Crippen molar-refractivity contribution in [3.05, 3.63) is 65.2 Å². The fraction of sp³-hybridized carbons (Fsp3) is 0.250. The van der Waals surface area contributed by atoms with E-state index in [-0.39, 0.29) is 11.0 Å². The van der Waals surface area contributed by atoms with Crippen molar-refractivity contribution in [3.8, 4) is 5.75 Å². The molecule has 0 atom stereocenters. The normalized spacial score (nSPS) is 10.1. The zero-order valence-corrected chi connectivity index (χ0v) is 16.6. The predicted molar refractivity (Wildman–Crippen MR) is 110 cm³/mol. The van der Waals surface area contributed by atoms with Crippen molar-refractivity contribution in [2.75, 3.05) is 19.8 Å². The molecule has 0 aliphatic heterocycles. The molecule has 8 heteroatoms. The average Bonchev–Trinajstić information content (AvgIpc) is 2.70. The maximum atomic E-state index is 12.2. The van der Waals surface area contributed by atoms with Crippen LogP contribution < -0.4 is 20.9 Å². The third kappa shape index (κ3) is 6.64. The number of carbonyl (C=O) groups excluding carboxylic acids is 2. The van der Waals surface area contributed by atoms with E-state index in [2.05, 4.69) is 16.2 Å². The van der Waals surface area contributed by atoms with Gasteiger partial charge in [0.2, 0.25) is 0 Å². The van der Waals surface area contributed by atoms with Crippen LogP contribution in [-0.2, 0) is 4.74 Å². The van der Waals surface area contributed by atoms with Crippen LogP contribution in [0.2, 0.25) is 0 Å². The van der Waals surface area contributed by atoms with E-state index in [1.807, 2.05) is 26.0 Å². The van der Waals surface area contributed by atoms with Gasteiger partial charge in [-0.3, -0.25) is 25.8 Å². The molecule has 7 nitrogen and oxygen atoms in total. The zero-order valence-electron chi connectivity index (χ0n) is 15.8. The Morgan fingerprint density at radius 3 is 2.36 bits per heavy atom. The Hall–Kier alpha value is -2.97. The SMILES string of the molecule is CCOCCOc1ccc(C(=O)NC(=S)NNC(=O)c2ccccc2C)cc1. The number of nitrogens with one attached hydrogen (secondary N) is 3. The Morgan fingerprint density at radius 1 is 0.964 bits per heavy atom. The maximum absolute atomic E-state index is 12.2. The Labute approximate surface area is 169 Å². The molecule has 0 aliphatic rings. The smallest absolute Gasteiger partial charge is 0.269 e. The highest BCUT2D eigenvalue weighted by atomic mass is 32.1. The van der Waals surface area contributed by atoms with Gasteiger partial charge in [0.1, 0.15) is 12.4 Å². The molecule has 3 N–H and O–H groups in total. The second-order valence-corrected chi connectivity index (χ2v) is 6.16. The van der Waals surface area contributed by atoms with Crippen molar-refractivity contribution in [3.63, 3.8) is 0 Å². The molecule has 0 heterocycles. The molecule has 28 heavy (non-hydrogen) atoms.